The number of aliphatic carboxylic acids is 1. The topological polar surface area (TPSA) is 37.3 Å². The molecule has 0 rings (SSSR count). The summed E-state index contributed by atoms with van der Waals surface area (Å²) in [6, 6.07) is 0. The lowest BCUT2D eigenvalue weighted by Gasteiger charge is -1.79. The Labute approximate surface area is 48.8 Å². The first kappa shape index (κ1) is 7.21. The van der Waals surface area contributed by atoms with Gasteiger partial charge in [-0.05, 0) is 6.42 Å². The second-order valence-corrected chi connectivity index (χ2v) is 1.53. The molecule has 2 nitrogen and oxygen atoms in total. The van der Waals surface area contributed by atoms with Crippen molar-refractivity contribution in [2.45, 2.75) is 19.8 Å². The predicted octanol–water partition coefficient (Wildman–Crippen LogP) is 1.43. The van der Waals surface area contributed by atoms with Gasteiger partial charge in [0.15, 0.2) is 0 Å². The summed E-state index contributed by atoms with van der Waals surface area (Å²) in [6.07, 6.45) is 4.68. The van der Waals surface area contributed by atoms with Gasteiger partial charge in [0.1, 0.15) is 0 Å². The van der Waals surface area contributed by atoms with Crippen LogP contribution in [0.3, 0.4) is 0 Å². The fourth-order valence-corrected chi connectivity index (χ4v) is 0.351. The van der Waals surface area contributed by atoms with Crippen molar-refractivity contribution in [1.29, 1.82) is 0 Å². The molecular formula is C6H10O2. The SMILES string of the molecule is CCCC=CC(=O)O. The first-order valence-corrected chi connectivity index (χ1v) is 2.67. The minimum Gasteiger partial charge on any atom is -0.478 e. The van der Waals surface area contributed by atoms with E-state index in [2.05, 4.69) is 0 Å². The number of carbonyl (C=O) groups is 1. The highest BCUT2D eigenvalue weighted by molar-refractivity contribution is 5.79. The molecule has 46 valence electrons. The monoisotopic (exact) mass is 114 g/mol. The van der Waals surface area contributed by atoms with Crippen LogP contribution in [0.2, 0.25) is 0 Å². The summed E-state index contributed by atoms with van der Waals surface area (Å²) in [4.78, 5) is 9.79. The van der Waals surface area contributed by atoms with Gasteiger partial charge in [0, 0.05) is 6.08 Å². The van der Waals surface area contributed by atoms with E-state index in [4.69, 9.17) is 5.11 Å². The molecular weight excluding hydrogens is 104 g/mol. The Morgan fingerprint density at radius 1 is 1.75 bits per heavy atom. The van der Waals surface area contributed by atoms with Crippen molar-refractivity contribution in [1.82, 2.24) is 0 Å². The summed E-state index contributed by atoms with van der Waals surface area (Å²) < 4.78 is 0. The number of unbranched alkanes of at least 4 members (excludes halogenated alkanes) is 1. The lowest BCUT2D eigenvalue weighted by Crippen LogP contribution is -1.84. The molecule has 0 saturated heterocycles. The van der Waals surface area contributed by atoms with Gasteiger partial charge in [-0.1, -0.05) is 19.4 Å². The molecule has 0 spiro atoms. The summed E-state index contributed by atoms with van der Waals surface area (Å²) in [7, 11) is 0. The van der Waals surface area contributed by atoms with Gasteiger partial charge in [-0.15, -0.1) is 0 Å². The molecule has 0 radical (unpaired) electrons. The average molecular weight is 114 g/mol. The fourth-order valence-electron chi connectivity index (χ4n) is 0.351. The number of allylic oxidation sites excluding steroid dienone is 1. The minimum absolute atomic E-state index is 0.853. The van der Waals surface area contributed by atoms with Crippen molar-refractivity contribution in [2.75, 3.05) is 0 Å². The molecule has 0 aromatic rings. The summed E-state index contributed by atoms with van der Waals surface area (Å²) in [5.41, 5.74) is 0. The van der Waals surface area contributed by atoms with Crippen LogP contribution in [0.15, 0.2) is 12.2 Å². The van der Waals surface area contributed by atoms with Gasteiger partial charge in [0.25, 0.3) is 0 Å². The van der Waals surface area contributed by atoms with Gasteiger partial charge in [-0.3, -0.25) is 0 Å². The highest BCUT2D eigenvalue weighted by Crippen LogP contribution is 1.86. The maximum absolute atomic E-state index is 9.79. The molecule has 0 fully saturated rings. The smallest absolute Gasteiger partial charge is 0.327 e. The molecule has 1 N–H and O–H groups in total. The maximum Gasteiger partial charge on any atom is 0.327 e. The molecule has 0 saturated carbocycles. The lowest BCUT2D eigenvalue weighted by molar-refractivity contribution is -0.131. The Balaban J connectivity index is 3.20. The van der Waals surface area contributed by atoms with Gasteiger partial charge >= 0.3 is 5.97 Å². The number of carboxylic acid groups (broad SMARTS) is 1. The molecule has 0 aliphatic rings. The standard InChI is InChI=1S/C6H10O2/c1-2-3-4-5-6(7)8/h4-5H,2-3H2,1H3,(H,7,8). The van der Waals surface area contributed by atoms with Gasteiger partial charge in [0.05, 0.1) is 0 Å². The van der Waals surface area contributed by atoms with E-state index in [0.717, 1.165) is 12.8 Å². The molecule has 0 aromatic carbocycles. The van der Waals surface area contributed by atoms with E-state index in [-0.39, 0.29) is 0 Å². The Hall–Kier alpha value is -0.790. The zero-order valence-electron chi connectivity index (χ0n) is 4.92. The van der Waals surface area contributed by atoms with Crippen LogP contribution in [0.4, 0.5) is 0 Å². The molecule has 0 unspecified atom stereocenters. The van der Waals surface area contributed by atoms with Crippen LogP contribution in [-0.2, 0) is 4.79 Å². The molecule has 0 aliphatic heterocycles. The van der Waals surface area contributed by atoms with Crippen LogP contribution in [0.5, 0.6) is 0 Å². The zero-order chi connectivity index (χ0) is 6.41. The van der Waals surface area contributed by atoms with E-state index in [0.29, 0.717) is 0 Å². The quantitative estimate of drug-likeness (QED) is 0.563. The van der Waals surface area contributed by atoms with Crippen molar-refractivity contribution >= 4 is 5.97 Å². The molecule has 0 atom stereocenters. The summed E-state index contributed by atoms with van der Waals surface area (Å²) >= 11 is 0. The van der Waals surface area contributed by atoms with Crippen molar-refractivity contribution in [3.8, 4) is 0 Å². The van der Waals surface area contributed by atoms with E-state index < -0.39 is 5.97 Å². The van der Waals surface area contributed by atoms with Crippen LogP contribution >= 0.6 is 0 Å². The highest BCUT2D eigenvalue weighted by atomic mass is 16.4. The van der Waals surface area contributed by atoms with Gasteiger partial charge in [-0.2, -0.15) is 0 Å². The first-order valence-electron chi connectivity index (χ1n) is 2.67. The molecule has 0 aliphatic carbocycles. The fraction of sp³-hybridized carbons (Fsp3) is 0.500. The van der Waals surface area contributed by atoms with E-state index in [9.17, 15) is 4.79 Å². The van der Waals surface area contributed by atoms with Crippen LogP contribution in [-0.4, -0.2) is 11.1 Å². The number of rotatable bonds is 3. The number of carboxylic acids is 1. The Bertz CT molecular complexity index is 94.7. The third kappa shape index (κ3) is 5.21. The van der Waals surface area contributed by atoms with Crippen molar-refractivity contribution in [3.63, 3.8) is 0 Å². The Morgan fingerprint density at radius 3 is 2.75 bits per heavy atom. The molecule has 2 heteroatoms. The van der Waals surface area contributed by atoms with Crippen LogP contribution < -0.4 is 0 Å². The molecule has 0 heterocycles. The summed E-state index contributed by atoms with van der Waals surface area (Å²) in [5, 5.41) is 8.05. The maximum atomic E-state index is 9.79. The van der Waals surface area contributed by atoms with Gasteiger partial charge in [0.2, 0.25) is 0 Å². The predicted molar refractivity (Wildman–Crippen MR) is 31.7 cm³/mol. The zero-order valence-corrected chi connectivity index (χ0v) is 4.92. The minimum atomic E-state index is -0.863. The molecule has 0 bridgehead atoms. The van der Waals surface area contributed by atoms with Crippen molar-refractivity contribution in [3.05, 3.63) is 12.2 Å². The third-order valence-corrected chi connectivity index (χ3v) is 0.716. The largest absolute Gasteiger partial charge is 0.478 e. The average Bonchev–Trinajstić information content (AvgIpc) is 1.66. The van der Waals surface area contributed by atoms with Crippen molar-refractivity contribution in [2.24, 2.45) is 0 Å². The van der Waals surface area contributed by atoms with Crippen LogP contribution in [0.25, 0.3) is 0 Å². The summed E-state index contributed by atoms with van der Waals surface area (Å²) in [5.74, 6) is -0.863. The Morgan fingerprint density at radius 2 is 2.38 bits per heavy atom. The van der Waals surface area contributed by atoms with E-state index >= 15 is 0 Å². The third-order valence-electron chi connectivity index (χ3n) is 0.716. The van der Waals surface area contributed by atoms with Crippen LogP contribution in [0.1, 0.15) is 19.8 Å². The summed E-state index contributed by atoms with van der Waals surface area (Å²) in [6.45, 7) is 2.01. The van der Waals surface area contributed by atoms with E-state index in [1.165, 1.54) is 6.08 Å². The first-order chi connectivity index (χ1) is 3.77. The Kier molecular flexibility index (Phi) is 3.94. The van der Waals surface area contributed by atoms with Gasteiger partial charge < -0.3 is 5.11 Å². The van der Waals surface area contributed by atoms with E-state index in [1.54, 1.807) is 6.08 Å². The lowest BCUT2D eigenvalue weighted by atomic mass is 10.3. The highest BCUT2D eigenvalue weighted by Gasteiger charge is 1.81. The normalized spacial score (nSPS) is 10.1. The molecule has 0 amide bonds. The molecule has 0 aromatic heterocycles. The molecule has 8 heavy (non-hydrogen) atoms. The second kappa shape index (κ2) is 4.37. The van der Waals surface area contributed by atoms with E-state index in [1.807, 2.05) is 6.92 Å². The van der Waals surface area contributed by atoms with Crippen molar-refractivity contribution < 1.29 is 9.90 Å². The second-order valence-electron chi connectivity index (χ2n) is 1.53. The van der Waals surface area contributed by atoms with Gasteiger partial charge in [-0.25, -0.2) is 4.79 Å². The van der Waals surface area contributed by atoms with Crippen LogP contribution in [0, 0.1) is 0 Å². The number of hydrogen-bond donors (Lipinski definition) is 1. The number of hydrogen-bond acceptors (Lipinski definition) is 1.